The van der Waals surface area contributed by atoms with Gasteiger partial charge in [0.2, 0.25) is 5.91 Å². The lowest BCUT2D eigenvalue weighted by molar-refractivity contribution is -0.137. The van der Waals surface area contributed by atoms with Gasteiger partial charge in [-0.2, -0.15) is 0 Å². The van der Waals surface area contributed by atoms with Gasteiger partial charge in [-0.1, -0.05) is 0 Å². The Balaban J connectivity index is 2.00. The molecule has 6 heteroatoms. The maximum absolute atomic E-state index is 13.4. The molecule has 29 heavy (non-hydrogen) atoms. The SMILES string of the molecule is CCOC(=O)c1cc(-c2ccc(F)cc2)n(CC(=O)N2[C@@H](C)CCC[C@@H]2C)c1C. The maximum atomic E-state index is 13.4. The predicted octanol–water partition coefficient (Wildman–Crippen LogP) is 4.57. The van der Waals surface area contributed by atoms with Crippen molar-refractivity contribution in [1.82, 2.24) is 9.47 Å². The van der Waals surface area contributed by atoms with Crippen LogP contribution in [0.2, 0.25) is 0 Å². The molecule has 0 N–H and O–H groups in total. The molecule has 1 saturated heterocycles. The van der Waals surface area contributed by atoms with E-state index in [9.17, 15) is 14.0 Å². The molecular weight excluding hydrogens is 371 g/mol. The van der Waals surface area contributed by atoms with Crippen molar-refractivity contribution in [1.29, 1.82) is 0 Å². The van der Waals surface area contributed by atoms with E-state index in [-0.39, 0.29) is 37.0 Å². The highest BCUT2D eigenvalue weighted by molar-refractivity contribution is 5.93. The summed E-state index contributed by atoms with van der Waals surface area (Å²) in [4.78, 5) is 27.6. The Morgan fingerprint density at radius 1 is 1.14 bits per heavy atom. The van der Waals surface area contributed by atoms with Crippen LogP contribution in [0.25, 0.3) is 11.3 Å². The number of carbonyl (C=O) groups is 2. The lowest BCUT2D eigenvalue weighted by Crippen LogP contribution is -2.48. The predicted molar refractivity (Wildman–Crippen MR) is 110 cm³/mol. The summed E-state index contributed by atoms with van der Waals surface area (Å²) in [5.41, 5.74) is 2.56. The molecule has 1 aliphatic rings. The Labute approximate surface area is 171 Å². The second-order valence-electron chi connectivity index (χ2n) is 7.77. The quantitative estimate of drug-likeness (QED) is 0.691. The molecule has 0 saturated carbocycles. The fourth-order valence-corrected chi connectivity index (χ4v) is 4.25. The van der Waals surface area contributed by atoms with Gasteiger partial charge < -0.3 is 14.2 Å². The van der Waals surface area contributed by atoms with E-state index in [2.05, 4.69) is 13.8 Å². The topological polar surface area (TPSA) is 51.5 Å². The van der Waals surface area contributed by atoms with Gasteiger partial charge >= 0.3 is 5.97 Å². The van der Waals surface area contributed by atoms with Crippen LogP contribution in [0, 0.1) is 12.7 Å². The van der Waals surface area contributed by atoms with E-state index in [1.54, 1.807) is 25.1 Å². The van der Waals surface area contributed by atoms with Crippen LogP contribution in [0.4, 0.5) is 4.39 Å². The number of hydrogen-bond acceptors (Lipinski definition) is 3. The monoisotopic (exact) mass is 400 g/mol. The van der Waals surface area contributed by atoms with Crippen molar-refractivity contribution < 1.29 is 18.7 Å². The fourth-order valence-electron chi connectivity index (χ4n) is 4.25. The smallest absolute Gasteiger partial charge is 0.339 e. The Kier molecular flexibility index (Phi) is 6.40. The molecule has 0 unspecified atom stereocenters. The molecule has 2 aromatic rings. The summed E-state index contributed by atoms with van der Waals surface area (Å²) in [5, 5.41) is 0. The number of rotatable bonds is 5. The minimum absolute atomic E-state index is 0.0298. The number of benzene rings is 1. The number of halogens is 1. The highest BCUT2D eigenvalue weighted by atomic mass is 19.1. The van der Waals surface area contributed by atoms with Gasteiger partial charge in [0, 0.05) is 23.5 Å². The number of likely N-dealkylation sites (tertiary alicyclic amines) is 1. The van der Waals surface area contributed by atoms with Crippen LogP contribution < -0.4 is 0 Å². The summed E-state index contributed by atoms with van der Waals surface area (Å²) >= 11 is 0. The minimum Gasteiger partial charge on any atom is -0.462 e. The molecular formula is C23H29FN2O3. The van der Waals surface area contributed by atoms with Gasteiger partial charge in [0.15, 0.2) is 0 Å². The van der Waals surface area contributed by atoms with Gasteiger partial charge in [-0.15, -0.1) is 0 Å². The summed E-state index contributed by atoms with van der Waals surface area (Å²) < 4.78 is 20.4. The van der Waals surface area contributed by atoms with Crippen LogP contribution in [0.3, 0.4) is 0 Å². The van der Waals surface area contributed by atoms with Crippen LogP contribution in [-0.2, 0) is 16.1 Å². The minimum atomic E-state index is -0.417. The Morgan fingerprint density at radius 2 is 1.76 bits per heavy atom. The van der Waals surface area contributed by atoms with E-state index in [1.807, 2.05) is 16.4 Å². The van der Waals surface area contributed by atoms with E-state index in [4.69, 9.17) is 4.74 Å². The average molecular weight is 400 g/mol. The second-order valence-corrected chi connectivity index (χ2v) is 7.77. The molecule has 1 aromatic carbocycles. The van der Waals surface area contributed by atoms with E-state index < -0.39 is 5.97 Å². The molecule has 1 fully saturated rings. The van der Waals surface area contributed by atoms with Gasteiger partial charge in [0.25, 0.3) is 0 Å². The number of aromatic nitrogens is 1. The average Bonchev–Trinajstić information content (AvgIpc) is 2.99. The molecule has 0 spiro atoms. The third kappa shape index (κ3) is 4.36. The molecule has 5 nitrogen and oxygen atoms in total. The van der Waals surface area contributed by atoms with Crippen LogP contribution in [0.1, 0.15) is 56.1 Å². The van der Waals surface area contributed by atoms with E-state index in [0.29, 0.717) is 17.0 Å². The molecule has 0 radical (unpaired) electrons. The molecule has 1 amide bonds. The summed E-state index contributed by atoms with van der Waals surface area (Å²) in [5.74, 6) is -0.720. The zero-order valence-corrected chi connectivity index (χ0v) is 17.6. The first-order valence-electron chi connectivity index (χ1n) is 10.3. The van der Waals surface area contributed by atoms with E-state index in [0.717, 1.165) is 24.8 Å². The lowest BCUT2D eigenvalue weighted by Gasteiger charge is -2.39. The van der Waals surface area contributed by atoms with Crippen molar-refractivity contribution in [3.05, 3.63) is 47.4 Å². The number of piperidine rings is 1. The van der Waals surface area contributed by atoms with Crippen molar-refractivity contribution in [2.24, 2.45) is 0 Å². The van der Waals surface area contributed by atoms with Gasteiger partial charge in [-0.05, 0) is 82.9 Å². The first-order chi connectivity index (χ1) is 13.8. The summed E-state index contributed by atoms with van der Waals surface area (Å²) in [6.07, 6.45) is 3.13. The van der Waals surface area contributed by atoms with Crippen LogP contribution >= 0.6 is 0 Å². The third-order valence-corrected chi connectivity index (χ3v) is 5.78. The number of esters is 1. The number of carbonyl (C=O) groups excluding carboxylic acids is 2. The summed E-state index contributed by atoms with van der Waals surface area (Å²) in [7, 11) is 0. The van der Waals surface area contributed by atoms with Crippen LogP contribution in [-0.4, -0.2) is 40.0 Å². The summed E-state index contributed by atoms with van der Waals surface area (Å²) in [6, 6.07) is 8.20. The molecule has 3 rings (SSSR count). The van der Waals surface area contributed by atoms with E-state index >= 15 is 0 Å². The molecule has 2 heterocycles. The van der Waals surface area contributed by atoms with E-state index in [1.165, 1.54) is 12.1 Å². The van der Waals surface area contributed by atoms with Crippen molar-refractivity contribution in [2.45, 2.75) is 65.6 Å². The standard InChI is InChI=1S/C23H29FN2O3/c1-5-29-23(28)20-13-21(18-9-11-19(24)12-10-18)25(17(20)4)14-22(27)26-15(2)7-6-8-16(26)3/h9-13,15-16H,5-8,14H2,1-4H3/t15-,16-/m0/s1. The van der Waals surface area contributed by atoms with Crippen LogP contribution in [0.5, 0.6) is 0 Å². The second kappa shape index (κ2) is 8.80. The van der Waals surface area contributed by atoms with Crippen molar-refractivity contribution in [3.63, 3.8) is 0 Å². The number of amides is 1. The Morgan fingerprint density at radius 3 is 2.34 bits per heavy atom. The highest BCUT2D eigenvalue weighted by Crippen LogP contribution is 2.29. The molecule has 2 atom stereocenters. The molecule has 0 bridgehead atoms. The maximum Gasteiger partial charge on any atom is 0.339 e. The number of hydrogen-bond donors (Lipinski definition) is 0. The van der Waals surface area contributed by atoms with Crippen molar-refractivity contribution in [2.75, 3.05) is 6.61 Å². The van der Waals surface area contributed by atoms with Crippen molar-refractivity contribution in [3.8, 4) is 11.3 Å². The van der Waals surface area contributed by atoms with Crippen LogP contribution in [0.15, 0.2) is 30.3 Å². The molecule has 0 aliphatic carbocycles. The molecule has 1 aliphatic heterocycles. The van der Waals surface area contributed by atoms with Gasteiger partial charge in [0.05, 0.1) is 12.2 Å². The lowest BCUT2D eigenvalue weighted by atomic mass is 9.97. The third-order valence-electron chi connectivity index (χ3n) is 5.78. The fraction of sp³-hybridized carbons (Fsp3) is 0.478. The first-order valence-corrected chi connectivity index (χ1v) is 10.3. The largest absolute Gasteiger partial charge is 0.462 e. The highest BCUT2D eigenvalue weighted by Gasteiger charge is 2.30. The number of ether oxygens (including phenoxy) is 1. The molecule has 156 valence electrons. The number of nitrogens with zero attached hydrogens (tertiary/aromatic N) is 2. The summed E-state index contributed by atoms with van der Waals surface area (Å²) in [6.45, 7) is 8.15. The van der Waals surface area contributed by atoms with Gasteiger partial charge in [-0.3, -0.25) is 4.79 Å². The Hall–Kier alpha value is -2.63. The zero-order valence-electron chi connectivity index (χ0n) is 17.6. The van der Waals surface area contributed by atoms with Crippen molar-refractivity contribution >= 4 is 11.9 Å². The normalized spacial score (nSPS) is 19.3. The zero-order chi connectivity index (χ0) is 21.1. The Bertz CT molecular complexity index is 878. The van der Waals surface area contributed by atoms with Gasteiger partial charge in [-0.25, -0.2) is 9.18 Å². The molecule has 1 aromatic heterocycles. The first kappa shape index (κ1) is 21.1. The van der Waals surface area contributed by atoms with Gasteiger partial charge in [0.1, 0.15) is 12.4 Å².